The molecular formula is C15H18FN3O. The molecule has 5 heteroatoms. The Kier molecular flexibility index (Phi) is 4.50. The smallest absolute Gasteiger partial charge is 0.164 e. The first-order valence-electron chi connectivity index (χ1n) is 6.57. The molecule has 0 spiro atoms. The van der Waals surface area contributed by atoms with E-state index in [9.17, 15) is 9.18 Å². The summed E-state index contributed by atoms with van der Waals surface area (Å²) < 4.78 is 15.6. The Morgan fingerprint density at radius 3 is 2.95 bits per heavy atom. The highest BCUT2D eigenvalue weighted by molar-refractivity contribution is 5.99. The second kappa shape index (κ2) is 6.32. The number of nitrogens with one attached hydrogen (secondary N) is 1. The lowest BCUT2D eigenvalue weighted by molar-refractivity contribution is 0.101. The third-order valence-corrected chi connectivity index (χ3v) is 3.09. The number of aromatic nitrogens is 2. The summed E-state index contributed by atoms with van der Waals surface area (Å²) in [6, 6.07) is 4.63. The highest BCUT2D eigenvalue weighted by Gasteiger charge is 2.13. The Morgan fingerprint density at radius 2 is 2.30 bits per heavy atom. The number of ketones is 1. The summed E-state index contributed by atoms with van der Waals surface area (Å²) in [5.74, 6) is -0.426. The Labute approximate surface area is 117 Å². The van der Waals surface area contributed by atoms with Crippen molar-refractivity contribution in [3.05, 3.63) is 48.3 Å². The van der Waals surface area contributed by atoms with Crippen LogP contribution in [0.15, 0.2) is 36.9 Å². The standard InChI is InChI=1S/C15H18FN3O/c1-11(9-19-7-6-17-10-19)8-18-14-5-3-4-13(16)15(14)12(2)20/h3-7,10-11,18H,8-9H2,1-2H3. The normalized spacial score (nSPS) is 12.2. The van der Waals surface area contributed by atoms with Crippen LogP contribution >= 0.6 is 0 Å². The molecule has 0 aliphatic rings. The first-order chi connectivity index (χ1) is 9.58. The van der Waals surface area contributed by atoms with Crippen LogP contribution < -0.4 is 5.32 Å². The lowest BCUT2D eigenvalue weighted by Gasteiger charge is -2.16. The predicted octanol–water partition coefficient (Wildman–Crippen LogP) is 2.97. The summed E-state index contributed by atoms with van der Waals surface area (Å²) in [5, 5.41) is 3.15. The molecule has 2 aromatic rings. The Morgan fingerprint density at radius 1 is 1.50 bits per heavy atom. The fourth-order valence-corrected chi connectivity index (χ4v) is 2.13. The molecule has 1 heterocycles. The van der Waals surface area contributed by atoms with Crippen LogP contribution in [0.1, 0.15) is 24.2 Å². The summed E-state index contributed by atoms with van der Waals surface area (Å²) in [7, 11) is 0. The van der Waals surface area contributed by atoms with Crippen molar-refractivity contribution in [1.29, 1.82) is 0 Å². The SMILES string of the molecule is CC(=O)c1c(F)cccc1NCC(C)Cn1ccnc1. The van der Waals surface area contributed by atoms with E-state index in [2.05, 4.69) is 17.2 Å². The third-order valence-electron chi connectivity index (χ3n) is 3.09. The van der Waals surface area contributed by atoms with Gasteiger partial charge in [-0.1, -0.05) is 13.0 Å². The topological polar surface area (TPSA) is 46.9 Å². The van der Waals surface area contributed by atoms with Gasteiger partial charge in [0.2, 0.25) is 0 Å². The second-order valence-electron chi connectivity index (χ2n) is 4.96. The van der Waals surface area contributed by atoms with E-state index in [4.69, 9.17) is 0 Å². The maximum atomic E-state index is 13.7. The molecule has 0 saturated carbocycles. The van der Waals surface area contributed by atoms with Gasteiger partial charge in [0.05, 0.1) is 11.9 Å². The quantitative estimate of drug-likeness (QED) is 0.824. The molecular weight excluding hydrogens is 257 g/mol. The van der Waals surface area contributed by atoms with Crippen LogP contribution in [0.4, 0.5) is 10.1 Å². The number of hydrogen-bond acceptors (Lipinski definition) is 3. The summed E-state index contributed by atoms with van der Waals surface area (Å²) in [5.41, 5.74) is 0.678. The Hall–Kier alpha value is -2.17. The van der Waals surface area contributed by atoms with Crippen molar-refractivity contribution < 1.29 is 9.18 Å². The molecule has 4 nitrogen and oxygen atoms in total. The van der Waals surface area contributed by atoms with E-state index in [1.807, 2.05) is 10.8 Å². The van der Waals surface area contributed by atoms with Gasteiger partial charge in [-0.3, -0.25) is 4.79 Å². The van der Waals surface area contributed by atoms with Crippen LogP contribution in [0.2, 0.25) is 0 Å². The van der Waals surface area contributed by atoms with E-state index in [0.717, 1.165) is 6.54 Å². The molecule has 20 heavy (non-hydrogen) atoms. The van der Waals surface area contributed by atoms with Crippen LogP contribution in [0.25, 0.3) is 0 Å². The average Bonchev–Trinajstić information content (AvgIpc) is 2.88. The van der Waals surface area contributed by atoms with Crippen LogP contribution in [0, 0.1) is 11.7 Å². The summed E-state index contributed by atoms with van der Waals surface area (Å²) >= 11 is 0. The highest BCUT2D eigenvalue weighted by Crippen LogP contribution is 2.20. The molecule has 1 unspecified atom stereocenters. The zero-order valence-corrected chi connectivity index (χ0v) is 11.6. The van der Waals surface area contributed by atoms with Crippen molar-refractivity contribution in [2.24, 2.45) is 5.92 Å². The van der Waals surface area contributed by atoms with Crippen LogP contribution in [-0.4, -0.2) is 21.9 Å². The third kappa shape index (κ3) is 3.44. The van der Waals surface area contributed by atoms with Crippen molar-refractivity contribution in [2.75, 3.05) is 11.9 Å². The van der Waals surface area contributed by atoms with Crippen molar-refractivity contribution in [1.82, 2.24) is 9.55 Å². The van der Waals surface area contributed by atoms with Gasteiger partial charge in [0.15, 0.2) is 5.78 Å². The van der Waals surface area contributed by atoms with E-state index >= 15 is 0 Å². The number of Topliss-reactive ketones (excluding diaryl/α,β-unsaturated/α-hetero) is 1. The monoisotopic (exact) mass is 275 g/mol. The molecule has 1 atom stereocenters. The van der Waals surface area contributed by atoms with Crippen LogP contribution in [-0.2, 0) is 6.54 Å². The maximum Gasteiger partial charge on any atom is 0.164 e. The summed E-state index contributed by atoms with van der Waals surface area (Å²) in [6.07, 6.45) is 5.40. The van der Waals surface area contributed by atoms with E-state index in [1.165, 1.54) is 13.0 Å². The molecule has 1 aromatic heterocycles. The van der Waals surface area contributed by atoms with E-state index < -0.39 is 5.82 Å². The zero-order valence-electron chi connectivity index (χ0n) is 11.6. The van der Waals surface area contributed by atoms with Crippen molar-refractivity contribution in [2.45, 2.75) is 20.4 Å². The molecule has 0 aliphatic carbocycles. The fourth-order valence-electron chi connectivity index (χ4n) is 2.13. The van der Waals surface area contributed by atoms with Gasteiger partial charge in [-0.05, 0) is 25.0 Å². The van der Waals surface area contributed by atoms with Gasteiger partial charge < -0.3 is 9.88 Å². The van der Waals surface area contributed by atoms with E-state index in [-0.39, 0.29) is 11.3 Å². The number of carbonyl (C=O) groups is 1. The minimum absolute atomic E-state index is 0.127. The largest absolute Gasteiger partial charge is 0.384 e. The molecule has 0 radical (unpaired) electrons. The lowest BCUT2D eigenvalue weighted by Crippen LogP contribution is -2.18. The molecule has 1 N–H and O–H groups in total. The molecule has 2 rings (SSSR count). The average molecular weight is 275 g/mol. The lowest BCUT2D eigenvalue weighted by atomic mass is 10.1. The second-order valence-corrected chi connectivity index (χ2v) is 4.96. The van der Waals surface area contributed by atoms with E-state index in [1.54, 1.807) is 24.7 Å². The van der Waals surface area contributed by atoms with Crippen LogP contribution in [0.5, 0.6) is 0 Å². The molecule has 1 aromatic carbocycles. The molecule has 106 valence electrons. The number of nitrogens with zero attached hydrogens (tertiary/aromatic N) is 2. The van der Waals surface area contributed by atoms with Gasteiger partial charge >= 0.3 is 0 Å². The number of anilines is 1. The van der Waals surface area contributed by atoms with Gasteiger partial charge in [0.1, 0.15) is 5.82 Å². The molecule has 0 amide bonds. The highest BCUT2D eigenvalue weighted by atomic mass is 19.1. The molecule has 0 bridgehead atoms. The van der Waals surface area contributed by atoms with Crippen molar-refractivity contribution in [3.8, 4) is 0 Å². The van der Waals surface area contributed by atoms with Crippen molar-refractivity contribution >= 4 is 11.5 Å². The van der Waals surface area contributed by atoms with Crippen molar-refractivity contribution in [3.63, 3.8) is 0 Å². The molecule has 0 fully saturated rings. The number of rotatable bonds is 6. The summed E-state index contributed by atoms with van der Waals surface area (Å²) in [4.78, 5) is 15.5. The van der Waals surface area contributed by atoms with Gasteiger partial charge in [-0.25, -0.2) is 9.37 Å². The first-order valence-corrected chi connectivity index (χ1v) is 6.57. The van der Waals surface area contributed by atoms with Gasteiger partial charge in [0, 0.05) is 31.2 Å². The predicted molar refractivity (Wildman–Crippen MR) is 76.3 cm³/mol. The Balaban J connectivity index is 2.00. The van der Waals surface area contributed by atoms with E-state index in [0.29, 0.717) is 18.2 Å². The number of imidazole rings is 1. The number of carbonyl (C=O) groups excluding carboxylic acids is 1. The minimum atomic E-state index is -0.482. The number of halogens is 1. The fraction of sp³-hybridized carbons (Fsp3) is 0.333. The van der Waals surface area contributed by atoms with Gasteiger partial charge in [-0.2, -0.15) is 0 Å². The first kappa shape index (κ1) is 14.2. The van der Waals surface area contributed by atoms with Crippen LogP contribution in [0.3, 0.4) is 0 Å². The van der Waals surface area contributed by atoms with Gasteiger partial charge in [-0.15, -0.1) is 0 Å². The number of hydrogen-bond donors (Lipinski definition) is 1. The minimum Gasteiger partial charge on any atom is -0.384 e. The maximum absolute atomic E-state index is 13.7. The molecule has 0 saturated heterocycles. The van der Waals surface area contributed by atoms with Gasteiger partial charge in [0.25, 0.3) is 0 Å². The molecule has 0 aliphatic heterocycles. The summed E-state index contributed by atoms with van der Waals surface area (Å²) in [6.45, 7) is 4.93. The zero-order chi connectivity index (χ0) is 14.5. The number of benzene rings is 1. The Bertz CT molecular complexity index is 581.